The molecule has 2 aromatic carbocycles. The van der Waals surface area contributed by atoms with E-state index in [1.54, 1.807) is 13.1 Å². The van der Waals surface area contributed by atoms with E-state index in [9.17, 15) is 4.39 Å². The molecule has 7 heteroatoms. The highest BCUT2D eigenvalue weighted by Crippen LogP contribution is 2.51. The highest BCUT2D eigenvalue weighted by Gasteiger charge is 2.43. The molecular weight excluding hydrogens is 399 g/mol. The van der Waals surface area contributed by atoms with Crippen LogP contribution in [0.4, 0.5) is 10.1 Å². The molecule has 2 aromatic rings. The van der Waals surface area contributed by atoms with E-state index in [0.29, 0.717) is 25.4 Å². The Hall–Kier alpha value is -2.25. The van der Waals surface area contributed by atoms with Gasteiger partial charge >= 0.3 is 0 Å². The summed E-state index contributed by atoms with van der Waals surface area (Å²) in [5.74, 6) is 0.558. The van der Waals surface area contributed by atoms with Gasteiger partial charge in [-0.25, -0.2) is 4.39 Å². The van der Waals surface area contributed by atoms with Crippen LogP contribution in [0.15, 0.2) is 58.4 Å². The predicted molar refractivity (Wildman–Crippen MR) is 122 cm³/mol. The molecular formula is C23H29FN4OS. The van der Waals surface area contributed by atoms with Gasteiger partial charge in [0, 0.05) is 42.9 Å². The lowest BCUT2D eigenvalue weighted by molar-refractivity contribution is 0.122. The van der Waals surface area contributed by atoms with Crippen LogP contribution >= 0.6 is 11.8 Å². The van der Waals surface area contributed by atoms with Crippen LogP contribution in [0.2, 0.25) is 0 Å². The number of anilines is 1. The maximum Gasteiger partial charge on any atom is 0.191 e. The molecule has 0 unspecified atom stereocenters. The lowest BCUT2D eigenvalue weighted by Crippen LogP contribution is -2.40. The zero-order chi connectivity index (χ0) is 20.8. The van der Waals surface area contributed by atoms with Crippen molar-refractivity contribution in [3.8, 4) is 0 Å². The Morgan fingerprint density at radius 3 is 2.57 bits per heavy atom. The van der Waals surface area contributed by atoms with Crippen LogP contribution in [0.25, 0.3) is 0 Å². The van der Waals surface area contributed by atoms with Gasteiger partial charge in [-0.1, -0.05) is 24.3 Å². The molecule has 1 heterocycles. The first-order chi connectivity index (χ1) is 14.7. The average molecular weight is 429 g/mol. The molecule has 0 bridgehead atoms. The predicted octanol–water partition coefficient (Wildman–Crippen LogP) is 3.65. The topological polar surface area (TPSA) is 48.9 Å². The highest BCUT2D eigenvalue weighted by atomic mass is 32.2. The second kappa shape index (κ2) is 9.71. The number of morpholine rings is 1. The Morgan fingerprint density at radius 2 is 1.90 bits per heavy atom. The summed E-state index contributed by atoms with van der Waals surface area (Å²) in [5.41, 5.74) is 1.55. The second-order valence-electron chi connectivity index (χ2n) is 7.76. The second-order valence-corrected chi connectivity index (χ2v) is 9.30. The number of thioether (sulfide) groups is 1. The maximum atomic E-state index is 14.6. The van der Waals surface area contributed by atoms with Crippen molar-refractivity contribution in [2.24, 2.45) is 4.99 Å². The quantitative estimate of drug-likeness (QED) is 0.521. The van der Waals surface area contributed by atoms with Crippen molar-refractivity contribution in [2.75, 3.05) is 44.8 Å². The lowest BCUT2D eigenvalue weighted by Gasteiger charge is -2.29. The molecule has 2 N–H and O–H groups in total. The largest absolute Gasteiger partial charge is 0.378 e. The van der Waals surface area contributed by atoms with Crippen molar-refractivity contribution in [3.63, 3.8) is 0 Å². The van der Waals surface area contributed by atoms with Gasteiger partial charge in [-0.2, -0.15) is 0 Å². The molecule has 160 valence electrons. The fourth-order valence-corrected chi connectivity index (χ4v) is 4.81. The summed E-state index contributed by atoms with van der Waals surface area (Å²) in [6.07, 6.45) is 2.40. The van der Waals surface area contributed by atoms with E-state index in [4.69, 9.17) is 4.74 Å². The molecule has 1 aliphatic heterocycles. The minimum atomic E-state index is -0.185. The fraction of sp³-hybridized carbons (Fsp3) is 0.435. The van der Waals surface area contributed by atoms with Gasteiger partial charge in [0.05, 0.1) is 18.9 Å². The summed E-state index contributed by atoms with van der Waals surface area (Å²) in [4.78, 5) is 7.66. The summed E-state index contributed by atoms with van der Waals surface area (Å²) in [5, 5.41) is 6.75. The number of ether oxygens (including phenoxy) is 1. The van der Waals surface area contributed by atoms with Gasteiger partial charge in [0.15, 0.2) is 5.96 Å². The van der Waals surface area contributed by atoms with E-state index < -0.39 is 0 Å². The van der Waals surface area contributed by atoms with Crippen LogP contribution in [0.3, 0.4) is 0 Å². The lowest BCUT2D eigenvalue weighted by atomic mass is 10.1. The van der Waals surface area contributed by atoms with E-state index in [2.05, 4.69) is 39.9 Å². The number of nitrogens with zero attached hydrogens (tertiary/aromatic N) is 2. The standard InChI is InChI=1S/C23H29FN4OS/c1-25-22(27-17-23(9-10-23)30-19-5-3-2-4-6-19)26-16-18-7-8-21(20(24)15-18)28-11-13-29-14-12-28/h2-8,15H,9-14,16-17H2,1H3,(H2,25,26,27). The molecule has 5 nitrogen and oxygen atoms in total. The molecule has 1 saturated carbocycles. The first-order valence-corrected chi connectivity index (χ1v) is 11.3. The molecule has 4 rings (SSSR count). The molecule has 30 heavy (non-hydrogen) atoms. The first-order valence-electron chi connectivity index (χ1n) is 10.5. The summed E-state index contributed by atoms with van der Waals surface area (Å²) < 4.78 is 20.2. The maximum absolute atomic E-state index is 14.6. The van der Waals surface area contributed by atoms with E-state index in [-0.39, 0.29) is 10.6 Å². The molecule has 0 aromatic heterocycles. The molecule has 0 atom stereocenters. The highest BCUT2D eigenvalue weighted by molar-refractivity contribution is 8.01. The number of aliphatic imine (C=N–C) groups is 1. The Kier molecular flexibility index (Phi) is 6.79. The number of nitrogens with one attached hydrogen (secondary N) is 2. The summed E-state index contributed by atoms with van der Waals surface area (Å²) in [6.45, 7) is 4.14. The minimum Gasteiger partial charge on any atom is -0.378 e. The van der Waals surface area contributed by atoms with Gasteiger partial charge in [-0.05, 0) is 42.7 Å². The Balaban J connectivity index is 1.28. The van der Waals surface area contributed by atoms with E-state index in [0.717, 1.165) is 31.2 Å². The van der Waals surface area contributed by atoms with Crippen molar-refractivity contribution in [1.29, 1.82) is 0 Å². The van der Waals surface area contributed by atoms with Crippen LogP contribution in [0.5, 0.6) is 0 Å². The van der Waals surface area contributed by atoms with Gasteiger partial charge in [0.1, 0.15) is 5.82 Å². The Labute approximate surface area is 182 Å². The molecule has 1 aliphatic carbocycles. The van der Waals surface area contributed by atoms with Crippen LogP contribution in [-0.2, 0) is 11.3 Å². The van der Waals surface area contributed by atoms with Gasteiger partial charge in [0.2, 0.25) is 0 Å². The van der Waals surface area contributed by atoms with E-state index >= 15 is 0 Å². The van der Waals surface area contributed by atoms with Crippen molar-refractivity contribution in [2.45, 2.75) is 29.0 Å². The van der Waals surface area contributed by atoms with Crippen LogP contribution in [-0.4, -0.2) is 50.6 Å². The molecule has 0 radical (unpaired) electrons. The minimum absolute atomic E-state index is 0.185. The third-order valence-electron chi connectivity index (χ3n) is 5.51. The summed E-state index contributed by atoms with van der Waals surface area (Å²) in [7, 11) is 1.77. The third kappa shape index (κ3) is 5.46. The van der Waals surface area contributed by atoms with Gasteiger partial charge < -0.3 is 20.3 Å². The molecule has 0 amide bonds. The number of guanidine groups is 1. The molecule has 2 aliphatic rings. The van der Waals surface area contributed by atoms with Crippen molar-refractivity contribution in [1.82, 2.24) is 10.6 Å². The van der Waals surface area contributed by atoms with E-state index in [1.165, 1.54) is 17.7 Å². The summed E-state index contributed by atoms with van der Waals surface area (Å²) >= 11 is 1.93. The van der Waals surface area contributed by atoms with E-state index in [1.807, 2.05) is 34.9 Å². The van der Waals surface area contributed by atoms with Crippen molar-refractivity contribution >= 4 is 23.4 Å². The smallest absolute Gasteiger partial charge is 0.191 e. The van der Waals surface area contributed by atoms with Crippen LogP contribution in [0.1, 0.15) is 18.4 Å². The van der Waals surface area contributed by atoms with Gasteiger partial charge in [-0.15, -0.1) is 11.8 Å². The molecule has 2 fully saturated rings. The zero-order valence-corrected chi connectivity index (χ0v) is 18.2. The summed E-state index contributed by atoms with van der Waals surface area (Å²) in [6, 6.07) is 16.0. The van der Waals surface area contributed by atoms with Gasteiger partial charge in [-0.3, -0.25) is 4.99 Å². The Bertz CT molecular complexity index is 867. The van der Waals surface area contributed by atoms with Crippen LogP contribution in [0, 0.1) is 5.82 Å². The Morgan fingerprint density at radius 1 is 1.13 bits per heavy atom. The number of benzene rings is 2. The normalized spacial score (nSPS) is 18.2. The average Bonchev–Trinajstić information content (AvgIpc) is 3.54. The first kappa shape index (κ1) is 21.0. The molecule has 0 spiro atoms. The number of hydrogen-bond donors (Lipinski definition) is 2. The van der Waals surface area contributed by atoms with Crippen molar-refractivity contribution in [3.05, 3.63) is 59.9 Å². The van der Waals surface area contributed by atoms with Crippen LogP contribution < -0.4 is 15.5 Å². The number of halogens is 1. The third-order valence-corrected chi connectivity index (χ3v) is 7.00. The number of rotatable bonds is 7. The van der Waals surface area contributed by atoms with Crippen molar-refractivity contribution < 1.29 is 9.13 Å². The molecule has 1 saturated heterocycles. The zero-order valence-electron chi connectivity index (χ0n) is 17.4. The monoisotopic (exact) mass is 428 g/mol. The fourth-order valence-electron chi connectivity index (χ4n) is 3.57. The number of hydrogen-bond acceptors (Lipinski definition) is 4. The SMILES string of the molecule is CN=C(NCc1ccc(N2CCOCC2)c(F)c1)NCC1(Sc2ccccc2)CC1. The van der Waals surface area contributed by atoms with Gasteiger partial charge in [0.25, 0.3) is 0 Å².